The zero-order valence-corrected chi connectivity index (χ0v) is 14.0. The van der Waals surface area contributed by atoms with E-state index in [-0.39, 0.29) is 5.91 Å². The molecule has 0 aliphatic carbocycles. The molecule has 126 valence electrons. The van der Waals surface area contributed by atoms with Crippen LogP contribution in [-0.2, 0) is 17.9 Å². The number of carbonyl (C=O) groups excluding carboxylic acids is 1. The number of nitrogens with one attached hydrogen (secondary N) is 1. The molecule has 1 aliphatic rings. The van der Waals surface area contributed by atoms with Crippen molar-refractivity contribution in [2.45, 2.75) is 13.1 Å². The molecule has 4 nitrogen and oxygen atoms in total. The fourth-order valence-electron chi connectivity index (χ4n) is 3.06. The minimum Gasteiger partial charge on any atom is -0.339 e. The summed E-state index contributed by atoms with van der Waals surface area (Å²) in [4.78, 5) is 16.8. The molecule has 0 saturated carbocycles. The van der Waals surface area contributed by atoms with Gasteiger partial charge in [0.1, 0.15) is 0 Å². The van der Waals surface area contributed by atoms with Gasteiger partial charge in [-0.1, -0.05) is 60.7 Å². The van der Waals surface area contributed by atoms with Crippen LogP contribution in [0.5, 0.6) is 0 Å². The number of piperazine rings is 1. The van der Waals surface area contributed by atoms with Crippen LogP contribution in [-0.4, -0.2) is 48.4 Å². The number of amides is 1. The molecular weight excluding hydrogens is 298 g/mol. The lowest BCUT2D eigenvalue weighted by molar-refractivity contribution is -0.133. The number of nitrogens with zero attached hydrogens (tertiary/aromatic N) is 2. The van der Waals surface area contributed by atoms with Gasteiger partial charge in [0.2, 0.25) is 5.91 Å². The average molecular weight is 323 g/mol. The van der Waals surface area contributed by atoms with Crippen LogP contribution in [0.15, 0.2) is 60.7 Å². The number of hydrogen-bond donors (Lipinski definition) is 1. The SMILES string of the molecule is O=C(CN(Cc1ccccc1)Cc1ccccc1)N1CCNCC1. The molecule has 0 bridgehead atoms. The normalized spacial score (nSPS) is 14.8. The van der Waals surface area contributed by atoms with Gasteiger partial charge in [-0.2, -0.15) is 0 Å². The van der Waals surface area contributed by atoms with Crippen molar-refractivity contribution in [2.75, 3.05) is 32.7 Å². The molecule has 0 spiro atoms. The molecule has 2 aromatic rings. The maximum Gasteiger partial charge on any atom is 0.236 e. The van der Waals surface area contributed by atoms with Gasteiger partial charge in [0, 0.05) is 39.3 Å². The third kappa shape index (κ3) is 4.91. The summed E-state index contributed by atoms with van der Waals surface area (Å²) in [7, 11) is 0. The lowest BCUT2D eigenvalue weighted by atomic mass is 10.1. The van der Waals surface area contributed by atoms with E-state index in [1.807, 2.05) is 41.3 Å². The highest BCUT2D eigenvalue weighted by molar-refractivity contribution is 5.78. The van der Waals surface area contributed by atoms with Gasteiger partial charge in [0.25, 0.3) is 0 Å². The first-order chi connectivity index (χ1) is 11.8. The van der Waals surface area contributed by atoms with E-state index in [1.54, 1.807) is 0 Å². The number of benzene rings is 2. The van der Waals surface area contributed by atoms with Gasteiger partial charge in [-0.25, -0.2) is 0 Å². The summed E-state index contributed by atoms with van der Waals surface area (Å²) in [5.74, 6) is 0.225. The second-order valence-electron chi connectivity index (χ2n) is 6.25. The van der Waals surface area contributed by atoms with Gasteiger partial charge in [0.15, 0.2) is 0 Å². The van der Waals surface area contributed by atoms with Crippen LogP contribution < -0.4 is 5.32 Å². The van der Waals surface area contributed by atoms with Crippen molar-refractivity contribution in [1.82, 2.24) is 15.1 Å². The Morgan fingerprint density at radius 3 is 1.88 bits per heavy atom. The van der Waals surface area contributed by atoms with E-state index in [0.717, 1.165) is 39.3 Å². The highest BCUT2D eigenvalue weighted by Gasteiger charge is 2.19. The average Bonchev–Trinajstić information content (AvgIpc) is 2.64. The van der Waals surface area contributed by atoms with Crippen LogP contribution in [0.2, 0.25) is 0 Å². The summed E-state index contributed by atoms with van der Waals surface area (Å²) in [5, 5.41) is 3.30. The molecule has 0 atom stereocenters. The first-order valence-electron chi connectivity index (χ1n) is 8.60. The monoisotopic (exact) mass is 323 g/mol. The van der Waals surface area contributed by atoms with Crippen molar-refractivity contribution in [3.8, 4) is 0 Å². The molecule has 1 heterocycles. The molecule has 1 saturated heterocycles. The zero-order chi connectivity index (χ0) is 16.6. The van der Waals surface area contributed by atoms with E-state index in [4.69, 9.17) is 0 Å². The third-order valence-corrected chi connectivity index (χ3v) is 4.33. The first-order valence-corrected chi connectivity index (χ1v) is 8.60. The molecule has 1 aliphatic heterocycles. The Hall–Kier alpha value is -2.17. The zero-order valence-electron chi connectivity index (χ0n) is 14.0. The topological polar surface area (TPSA) is 35.6 Å². The summed E-state index contributed by atoms with van der Waals surface area (Å²) in [6.07, 6.45) is 0. The maximum atomic E-state index is 12.6. The molecule has 24 heavy (non-hydrogen) atoms. The molecule has 3 rings (SSSR count). The van der Waals surface area contributed by atoms with Crippen molar-refractivity contribution >= 4 is 5.91 Å². The largest absolute Gasteiger partial charge is 0.339 e. The molecule has 2 aromatic carbocycles. The molecule has 0 aromatic heterocycles. The maximum absolute atomic E-state index is 12.6. The fourth-order valence-corrected chi connectivity index (χ4v) is 3.06. The summed E-state index contributed by atoms with van der Waals surface area (Å²) in [6, 6.07) is 20.7. The highest BCUT2D eigenvalue weighted by Crippen LogP contribution is 2.10. The van der Waals surface area contributed by atoms with Gasteiger partial charge in [0.05, 0.1) is 6.54 Å². The lowest BCUT2D eigenvalue weighted by Crippen LogP contribution is -2.49. The molecule has 1 amide bonds. The summed E-state index contributed by atoms with van der Waals surface area (Å²) in [6.45, 7) is 5.43. The predicted octanol–water partition coefficient (Wildman–Crippen LogP) is 2.12. The van der Waals surface area contributed by atoms with Crippen molar-refractivity contribution in [3.63, 3.8) is 0 Å². The highest BCUT2D eigenvalue weighted by atomic mass is 16.2. The second kappa shape index (κ2) is 8.62. The predicted molar refractivity (Wildman–Crippen MR) is 96.4 cm³/mol. The number of hydrogen-bond acceptors (Lipinski definition) is 3. The number of rotatable bonds is 6. The van der Waals surface area contributed by atoms with E-state index in [1.165, 1.54) is 11.1 Å². The number of carbonyl (C=O) groups is 1. The van der Waals surface area contributed by atoms with Gasteiger partial charge in [-0.3, -0.25) is 9.69 Å². The summed E-state index contributed by atoms with van der Waals surface area (Å²) in [5.41, 5.74) is 2.48. The Labute approximate surface area is 144 Å². The van der Waals surface area contributed by atoms with Crippen molar-refractivity contribution in [1.29, 1.82) is 0 Å². The van der Waals surface area contributed by atoms with Crippen LogP contribution in [0.1, 0.15) is 11.1 Å². The van der Waals surface area contributed by atoms with Gasteiger partial charge in [-0.05, 0) is 11.1 Å². The fraction of sp³-hybridized carbons (Fsp3) is 0.350. The van der Waals surface area contributed by atoms with E-state index >= 15 is 0 Å². The van der Waals surface area contributed by atoms with E-state index in [0.29, 0.717) is 6.54 Å². The Balaban J connectivity index is 1.67. The molecule has 0 radical (unpaired) electrons. The Kier molecular flexibility index (Phi) is 5.99. The van der Waals surface area contributed by atoms with Crippen molar-refractivity contribution in [2.24, 2.45) is 0 Å². The van der Waals surface area contributed by atoms with Crippen LogP contribution in [0.4, 0.5) is 0 Å². The minimum atomic E-state index is 0.225. The lowest BCUT2D eigenvalue weighted by Gasteiger charge is -2.30. The van der Waals surface area contributed by atoms with Crippen LogP contribution in [0.25, 0.3) is 0 Å². The van der Waals surface area contributed by atoms with Gasteiger partial charge in [-0.15, -0.1) is 0 Å². The van der Waals surface area contributed by atoms with Crippen LogP contribution >= 0.6 is 0 Å². The third-order valence-electron chi connectivity index (χ3n) is 4.33. The van der Waals surface area contributed by atoms with E-state index in [2.05, 4.69) is 34.5 Å². The van der Waals surface area contributed by atoms with E-state index in [9.17, 15) is 4.79 Å². The van der Waals surface area contributed by atoms with Gasteiger partial charge >= 0.3 is 0 Å². The molecular formula is C20H25N3O. The van der Waals surface area contributed by atoms with Gasteiger partial charge < -0.3 is 10.2 Å². The summed E-state index contributed by atoms with van der Waals surface area (Å²) < 4.78 is 0. The van der Waals surface area contributed by atoms with Crippen LogP contribution in [0.3, 0.4) is 0 Å². The quantitative estimate of drug-likeness (QED) is 0.884. The smallest absolute Gasteiger partial charge is 0.236 e. The summed E-state index contributed by atoms with van der Waals surface area (Å²) >= 11 is 0. The molecule has 1 fully saturated rings. The van der Waals surface area contributed by atoms with Crippen molar-refractivity contribution < 1.29 is 4.79 Å². The standard InChI is InChI=1S/C20H25N3O/c24-20(23-13-11-21-12-14-23)17-22(15-18-7-3-1-4-8-18)16-19-9-5-2-6-10-19/h1-10,21H,11-17H2. The Morgan fingerprint density at radius 2 is 1.38 bits per heavy atom. The molecule has 4 heteroatoms. The first kappa shape index (κ1) is 16.7. The molecule has 0 unspecified atom stereocenters. The van der Waals surface area contributed by atoms with Crippen LogP contribution in [0, 0.1) is 0 Å². The molecule has 1 N–H and O–H groups in total. The second-order valence-corrected chi connectivity index (χ2v) is 6.25. The van der Waals surface area contributed by atoms with Crippen molar-refractivity contribution in [3.05, 3.63) is 71.8 Å². The minimum absolute atomic E-state index is 0.225. The van der Waals surface area contributed by atoms with E-state index < -0.39 is 0 Å². The Morgan fingerprint density at radius 1 is 0.875 bits per heavy atom. The Bertz CT molecular complexity index is 582.